The molecule has 1 N–H and O–H groups in total. The Hall–Kier alpha value is -2.40. The van der Waals surface area contributed by atoms with Crippen LogP contribution in [0.4, 0.5) is 11.4 Å². The predicted molar refractivity (Wildman–Crippen MR) is 81.8 cm³/mol. The van der Waals surface area contributed by atoms with Gasteiger partial charge in [0, 0.05) is 17.6 Å². The van der Waals surface area contributed by atoms with Crippen molar-refractivity contribution in [2.45, 2.75) is 12.8 Å². The molecule has 0 radical (unpaired) electrons. The normalized spacial score (nSPS) is 10.2. The van der Waals surface area contributed by atoms with E-state index in [0.717, 1.165) is 5.56 Å². The van der Waals surface area contributed by atoms with E-state index in [2.05, 4.69) is 5.32 Å². The van der Waals surface area contributed by atoms with Crippen molar-refractivity contribution in [2.75, 3.05) is 5.32 Å². The molecular weight excluding hydrogens is 292 g/mol. The number of alkyl halides is 1. The molecule has 0 bridgehead atoms. The highest BCUT2D eigenvalue weighted by Gasteiger charge is 2.22. The van der Waals surface area contributed by atoms with Gasteiger partial charge in [0.1, 0.15) is 5.56 Å². The Labute approximate surface area is 126 Å². The largest absolute Gasteiger partial charge is 0.322 e. The van der Waals surface area contributed by atoms with Gasteiger partial charge < -0.3 is 5.32 Å². The number of carbonyl (C=O) groups is 1. The second-order valence-corrected chi connectivity index (χ2v) is 4.78. The summed E-state index contributed by atoms with van der Waals surface area (Å²) < 4.78 is 0. The molecule has 21 heavy (non-hydrogen) atoms. The van der Waals surface area contributed by atoms with E-state index in [0.29, 0.717) is 17.1 Å². The van der Waals surface area contributed by atoms with Crippen molar-refractivity contribution < 1.29 is 9.72 Å². The zero-order valence-electron chi connectivity index (χ0n) is 11.3. The number of nitro groups is 1. The fraction of sp³-hybridized carbons (Fsp3) is 0.133. The number of benzene rings is 2. The molecule has 0 aliphatic carbocycles. The van der Waals surface area contributed by atoms with Crippen LogP contribution in [0.3, 0.4) is 0 Å². The Morgan fingerprint density at radius 3 is 2.48 bits per heavy atom. The van der Waals surface area contributed by atoms with Crippen LogP contribution >= 0.6 is 11.6 Å². The summed E-state index contributed by atoms with van der Waals surface area (Å²) in [6.45, 7) is 1.67. The molecule has 0 saturated heterocycles. The minimum absolute atomic E-state index is 0.0731. The number of halogens is 1. The molecule has 0 unspecified atom stereocenters. The number of nitrogens with one attached hydrogen (secondary N) is 1. The van der Waals surface area contributed by atoms with Crippen molar-refractivity contribution >= 4 is 28.9 Å². The second kappa shape index (κ2) is 6.37. The predicted octanol–water partition coefficient (Wildman–Crippen LogP) is 3.89. The molecule has 2 aromatic rings. The molecule has 6 heteroatoms. The van der Waals surface area contributed by atoms with E-state index in [1.54, 1.807) is 43.3 Å². The van der Waals surface area contributed by atoms with Gasteiger partial charge in [0.25, 0.3) is 11.6 Å². The summed E-state index contributed by atoms with van der Waals surface area (Å²) in [5.41, 5.74) is 1.91. The van der Waals surface area contributed by atoms with Crippen molar-refractivity contribution in [3.63, 3.8) is 0 Å². The number of hydrogen-bond acceptors (Lipinski definition) is 3. The monoisotopic (exact) mass is 304 g/mol. The summed E-state index contributed by atoms with van der Waals surface area (Å²) in [6, 6.07) is 11.5. The van der Waals surface area contributed by atoms with Gasteiger partial charge in [-0.3, -0.25) is 14.9 Å². The van der Waals surface area contributed by atoms with Crippen LogP contribution in [0.5, 0.6) is 0 Å². The van der Waals surface area contributed by atoms with Crippen LogP contribution in [-0.2, 0) is 5.88 Å². The van der Waals surface area contributed by atoms with Crippen LogP contribution in [0.2, 0.25) is 0 Å². The number of nitrogens with zero attached hydrogens (tertiary/aromatic N) is 1. The van der Waals surface area contributed by atoms with Gasteiger partial charge in [-0.05, 0) is 30.2 Å². The third kappa shape index (κ3) is 3.38. The molecule has 5 nitrogen and oxygen atoms in total. The molecule has 2 aromatic carbocycles. The highest BCUT2D eigenvalue weighted by molar-refractivity contribution is 6.17. The van der Waals surface area contributed by atoms with E-state index in [4.69, 9.17) is 11.6 Å². The first-order chi connectivity index (χ1) is 10.0. The molecule has 108 valence electrons. The van der Waals surface area contributed by atoms with Crippen molar-refractivity contribution in [1.82, 2.24) is 0 Å². The van der Waals surface area contributed by atoms with Crippen LogP contribution in [0.25, 0.3) is 0 Å². The van der Waals surface area contributed by atoms with E-state index >= 15 is 0 Å². The summed E-state index contributed by atoms with van der Waals surface area (Å²) in [7, 11) is 0. The van der Waals surface area contributed by atoms with Crippen LogP contribution < -0.4 is 5.32 Å². The second-order valence-electron chi connectivity index (χ2n) is 4.51. The van der Waals surface area contributed by atoms with Crippen LogP contribution in [0, 0.1) is 17.0 Å². The van der Waals surface area contributed by atoms with E-state index < -0.39 is 10.8 Å². The Balaban J connectivity index is 2.29. The fourth-order valence-electron chi connectivity index (χ4n) is 1.97. The van der Waals surface area contributed by atoms with Gasteiger partial charge in [-0.25, -0.2) is 0 Å². The molecule has 0 saturated carbocycles. The van der Waals surface area contributed by atoms with Gasteiger partial charge in [0.05, 0.1) is 4.92 Å². The lowest BCUT2D eigenvalue weighted by molar-refractivity contribution is -0.385. The lowest BCUT2D eigenvalue weighted by atomic mass is 10.1. The molecule has 0 atom stereocenters. The maximum Gasteiger partial charge on any atom is 0.282 e. The third-order valence-electron chi connectivity index (χ3n) is 3.04. The van der Waals surface area contributed by atoms with Crippen LogP contribution in [0.15, 0.2) is 42.5 Å². The zero-order valence-corrected chi connectivity index (χ0v) is 12.1. The van der Waals surface area contributed by atoms with E-state index in [9.17, 15) is 14.9 Å². The number of anilines is 1. The third-order valence-corrected chi connectivity index (χ3v) is 3.35. The number of aryl methyl sites for hydroxylation is 1. The van der Waals surface area contributed by atoms with Gasteiger partial charge in [-0.15, -0.1) is 11.6 Å². The van der Waals surface area contributed by atoms with Crippen molar-refractivity contribution in [2.24, 2.45) is 0 Å². The fourth-order valence-corrected chi connectivity index (χ4v) is 2.15. The smallest absolute Gasteiger partial charge is 0.282 e. The minimum Gasteiger partial charge on any atom is -0.322 e. The summed E-state index contributed by atoms with van der Waals surface area (Å²) in [5, 5.41) is 13.7. The van der Waals surface area contributed by atoms with Crippen LogP contribution in [0.1, 0.15) is 21.5 Å². The molecule has 1 amide bonds. The first-order valence-corrected chi connectivity index (χ1v) is 6.76. The minimum atomic E-state index is -0.557. The van der Waals surface area contributed by atoms with Gasteiger partial charge >= 0.3 is 0 Å². The molecule has 0 spiro atoms. The Kier molecular flexibility index (Phi) is 4.55. The first-order valence-electron chi connectivity index (χ1n) is 6.23. The average molecular weight is 305 g/mol. The summed E-state index contributed by atoms with van der Waals surface area (Å²) in [5.74, 6) is -0.115. The average Bonchev–Trinajstić information content (AvgIpc) is 2.47. The highest BCUT2D eigenvalue weighted by atomic mass is 35.5. The molecule has 0 aliphatic heterocycles. The number of amides is 1. The van der Waals surface area contributed by atoms with Crippen molar-refractivity contribution in [3.05, 3.63) is 69.3 Å². The maximum absolute atomic E-state index is 12.3. The van der Waals surface area contributed by atoms with Crippen molar-refractivity contribution in [1.29, 1.82) is 0 Å². The van der Waals surface area contributed by atoms with Crippen LogP contribution in [-0.4, -0.2) is 10.8 Å². The Bertz CT molecular complexity index is 684. The molecule has 0 aliphatic rings. The highest BCUT2D eigenvalue weighted by Crippen LogP contribution is 2.23. The summed E-state index contributed by atoms with van der Waals surface area (Å²) in [6.07, 6.45) is 0. The topological polar surface area (TPSA) is 72.2 Å². The number of hydrogen-bond donors (Lipinski definition) is 1. The maximum atomic E-state index is 12.3. The molecular formula is C15H13ClN2O3. The van der Waals surface area contributed by atoms with Gasteiger partial charge in [0.15, 0.2) is 0 Å². The number of nitro benzene ring substituents is 1. The zero-order chi connectivity index (χ0) is 15.4. The first kappa shape index (κ1) is 15.0. The Morgan fingerprint density at radius 2 is 1.90 bits per heavy atom. The summed E-state index contributed by atoms with van der Waals surface area (Å²) in [4.78, 5) is 22.7. The van der Waals surface area contributed by atoms with E-state index in [-0.39, 0.29) is 11.3 Å². The number of rotatable bonds is 4. The number of carbonyl (C=O) groups excluding carboxylic acids is 1. The van der Waals surface area contributed by atoms with Gasteiger partial charge in [-0.2, -0.15) is 0 Å². The lowest BCUT2D eigenvalue weighted by Crippen LogP contribution is -2.15. The van der Waals surface area contributed by atoms with E-state index in [1.807, 2.05) is 0 Å². The molecule has 0 fully saturated rings. The Morgan fingerprint density at radius 1 is 1.24 bits per heavy atom. The summed E-state index contributed by atoms with van der Waals surface area (Å²) >= 11 is 5.69. The van der Waals surface area contributed by atoms with Crippen molar-refractivity contribution in [3.8, 4) is 0 Å². The lowest BCUT2D eigenvalue weighted by Gasteiger charge is -2.08. The van der Waals surface area contributed by atoms with Gasteiger partial charge in [0.2, 0.25) is 0 Å². The van der Waals surface area contributed by atoms with E-state index in [1.165, 1.54) is 6.07 Å². The molecule has 0 heterocycles. The van der Waals surface area contributed by atoms with Gasteiger partial charge in [-0.1, -0.05) is 24.3 Å². The molecule has 2 rings (SSSR count). The standard InChI is InChI=1S/C15H13ClN2O3/c1-10-3-2-4-13(18(20)21)14(10)15(19)17-12-7-5-11(9-16)6-8-12/h2-8H,9H2,1H3,(H,17,19). The SMILES string of the molecule is Cc1cccc([N+](=O)[O-])c1C(=O)Nc1ccc(CCl)cc1. The molecule has 0 aromatic heterocycles. The quantitative estimate of drug-likeness (QED) is 0.529.